The summed E-state index contributed by atoms with van der Waals surface area (Å²) in [5, 5.41) is 0. The first-order chi connectivity index (χ1) is 9.07. The van der Waals surface area contributed by atoms with Crippen molar-refractivity contribution in [3.05, 3.63) is 0 Å². The fourth-order valence-electron chi connectivity index (χ4n) is 5.18. The molecule has 0 nitrogen and oxygen atoms in total. The van der Waals surface area contributed by atoms with E-state index in [9.17, 15) is 0 Å². The normalized spacial score (nSPS) is 36.0. The van der Waals surface area contributed by atoms with Gasteiger partial charge < -0.3 is 0 Å². The van der Waals surface area contributed by atoms with Gasteiger partial charge in [-0.25, -0.2) is 0 Å². The molecule has 0 saturated heterocycles. The van der Waals surface area contributed by atoms with Crippen LogP contribution >= 0.6 is 0 Å². The van der Waals surface area contributed by atoms with E-state index in [4.69, 9.17) is 0 Å². The van der Waals surface area contributed by atoms with Gasteiger partial charge in [0.05, 0.1) is 8.07 Å². The van der Waals surface area contributed by atoms with Gasteiger partial charge in [-0.15, -0.1) is 0 Å². The maximum absolute atomic E-state index is 2.74. The summed E-state index contributed by atoms with van der Waals surface area (Å²) in [6, 6.07) is 0. The highest BCUT2D eigenvalue weighted by Gasteiger charge is 2.44. The van der Waals surface area contributed by atoms with E-state index in [0.29, 0.717) is 0 Å². The van der Waals surface area contributed by atoms with Crippen LogP contribution in [0.2, 0.25) is 24.2 Å². The summed E-state index contributed by atoms with van der Waals surface area (Å²) in [5.74, 6) is 2.18. The topological polar surface area (TPSA) is 0 Å². The van der Waals surface area contributed by atoms with Gasteiger partial charge >= 0.3 is 0 Å². The van der Waals surface area contributed by atoms with Crippen LogP contribution in [0.1, 0.15) is 78.1 Å². The number of rotatable bonds is 6. The second kappa shape index (κ2) is 6.78. The van der Waals surface area contributed by atoms with Gasteiger partial charge in [0, 0.05) is 0 Å². The molecule has 0 aliphatic heterocycles. The van der Waals surface area contributed by atoms with Gasteiger partial charge in [-0.1, -0.05) is 78.3 Å². The molecule has 19 heavy (non-hydrogen) atoms. The molecule has 0 aromatic carbocycles. The molecular formula is C18H36Si. The van der Waals surface area contributed by atoms with Crippen molar-refractivity contribution < 1.29 is 0 Å². The van der Waals surface area contributed by atoms with E-state index >= 15 is 0 Å². The van der Waals surface area contributed by atoms with E-state index in [0.717, 1.165) is 22.9 Å². The maximum atomic E-state index is 2.74. The first-order valence-electron chi connectivity index (χ1n) is 9.07. The summed E-state index contributed by atoms with van der Waals surface area (Å²) in [6.45, 7) is 10.2. The quantitative estimate of drug-likeness (QED) is 0.479. The third-order valence-corrected chi connectivity index (χ3v) is 11.8. The minimum atomic E-state index is -0.979. The predicted octanol–water partition coefficient (Wildman–Crippen LogP) is 6.64. The van der Waals surface area contributed by atoms with Crippen molar-refractivity contribution in [3.8, 4) is 0 Å². The lowest BCUT2D eigenvalue weighted by Crippen LogP contribution is -2.36. The van der Waals surface area contributed by atoms with Crippen LogP contribution in [0.15, 0.2) is 0 Å². The molecule has 0 radical (unpaired) electrons. The lowest BCUT2D eigenvalue weighted by molar-refractivity contribution is 0.491. The van der Waals surface area contributed by atoms with E-state index in [2.05, 4.69) is 26.9 Å². The zero-order valence-electron chi connectivity index (χ0n) is 13.9. The first-order valence-corrected chi connectivity index (χ1v) is 12.2. The van der Waals surface area contributed by atoms with Crippen molar-refractivity contribution in [2.75, 3.05) is 0 Å². The predicted molar refractivity (Wildman–Crippen MR) is 89.5 cm³/mol. The monoisotopic (exact) mass is 280 g/mol. The molecule has 2 fully saturated rings. The fraction of sp³-hybridized carbons (Fsp3) is 1.00. The molecule has 0 N–H and O–H groups in total. The Bertz CT molecular complexity index is 245. The first kappa shape index (κ1) is 15.6. The van der Waals surface area contributed by atoms with E-state index in [1.165, 1.54) is 25.7 Å². The minimum absolute atomic E-state index is 0.979. The molecular weight excluding hydrogens is 244 g/mol. The zero-order valence-corrected chi connectivity index (χ0v) is 14.9. The van der Waals surface area contributed by atoms with Gasteiger partial charge in [0.1, 0.15) is 0 Å². The second-order valence-electron chi connectivity index (χ2n) is 8.15. The summed E-state index contributed by atoms with van der Waals surface area (Å²) in [4.78, 5) is 0. The van der Waals surface area contributed by atoms with Gasteiger partial charge in [0.25, 0.3) is 0 Å². The molecule has 0 amide bonds. The highest BCUT2D eigenvalue weighted by Crippen LogP contribution is 2.53. The Morgan fingerprint density at radius 1 is 0.737 bits per heavy atom. The van der Waals surface area contributed by atoms with Crippen LogP contribution in [0, 0.1) is 11.8 Å². The van der Waals surface area contributed by atoms with Crippen LogP contribution in [0.3, 0.4) is 0 Å². The van der Waals surface area contributed by atoms with Crippen molar-refractivity contribution >= 4 is 8.07 Å². The van der Waals surface area contributed by atoms with Crippen LogP contribution in [0.5, 0.6) is 0 Å². The van der Waals surface area contributed by atoms with Crippen molar-refractivity contribution in [3.63, 3.8) is 0 Å². The van der Waals surface area contributed by atoms with Crippen molar-refractivity contribution in [1.29, 1.82) is 0 Å². The van der Waals surface area contributed by atoms with Crippen LogP contribution in [-0.2, 0) is 0 Å². The Labute approximate surface area is 122 Å². The van der Waals surface area contributed by atoms with Gasteiger partial charge in [0.2, 0.25) is 0 Å². The second-order valence-corrected chi connectivity index (χ2v) is 13.4. The maximum Gasteiger partial charge on any atom is 0.0536 e. The summed E-state index contributed by atoms with van der Waals surface area (Å²) < 4.78 is 0. The molecule has 0 bridgehead atoms. The molecule has 2 aliphatic carbocycles. The fourth-order valence-corrected chi connectivity index (χ4v) is 9.55. The average Bonchev–Trinajstić information content (AvgIpc) is 2.99. The van der Waals surface area contributed by atoms with Crippen molar-refractivity contribution in [2.24, 2.45) is 11.8 Å². The van der Waals surface area contributed by atoms with Gasteiger partial charge in [-0.3, -0.25) is 0 Å². The van der Waals surface area contributed by atoms with Crippen LogP contribution < -0.4 is 0 Å². The SMILES string of the molecule is CCCC1CC[C@@H]([Si](C)(C)[C@H]2CCC(CCC)C2)C1. The molecule has 0 heterocycles. The molecule has 2 rings (SSSR count). The van der Waals surface area contributed by atoms with E-state index in [1.54, 1.807) is 38.5 Å². The molecule has 0 aromatic heterocycles. The molecule has 4 atom stereocenters. The smallest absolute Gasteiger partial charge is 0.0536 e. The minimum Gasteiger partial charge on any atom is -0.0689 e. The van der Waals surface area contributed by atoms with Crippen LogP contribution in [0.25, 0.3) is 0 Å². The Morgan fingerprint density at radius 3 is 1.53 bits per heavy atom. The largest absolute Gasteiger partial charge is 0.0689 e. The van der Waals surface area contributed by atoms with E-state index in [-0.39, 0.29) is 0 Å². The molecule has 0 aromatic rings. The molecule has 2 unspecified atom stereocenters. The van der Waals surface area contributed by atoms with Gasteiger partial charge in [-0.05, 0) is 35.8 Å². The van der Waals surface area contributed by atoms with Crippen LogP contribution in [0.4, 0.5) is 0 Å². The third kappa shape index (κ3) is 3.65. The lowest BCUT2D eigenvalue weighted by Gasteiger charge is -2.36. The van der Waals surface area contributed by atoms with Gasteiger partial charge in [0.15, 0.2) is 0 Å². The highest BCUT2D eigenvalue weighted by atomic mass is 28.3. The zero-order chi connectivity index (χ0) is 13.9. The standard InChI is InChI=1S/C18H36Si/c1-5-7-15-9-11-17(13-15)19(3,4)18-12-10-16(14-18)8-6-2/h15-18H,5-14H2,1-4H3/t15?,16?,17-,18+. The Balaban J connectivity index is 1.88. The van der Waals surface area contributed by atoms with E-state index in [1.807, 2.05) is 0 Å². The highest BCUT2D eigenvalue weighted by molar-refractivity contribution is 6.80. The lowest BCUT2D eigenvalue weighted by atomic mass is 10.0. The number of hydrogen-bond donors (Lipinski definition) is 0. The van der Waals surface area contributed by atoms with E-state index < -0.39 is 8.07 Å². The molecule has 0 spiro atoms. The molecule has 1 heteroatoms. The summed E-state index contributed by atoms with van der Waals surface area (Å²) >= 11 is 0. The molecule has 2 aliphatic rings. The summed E-state index contributed by atoms with van der Waals surface area (Å²) in [7, 11) is -0.979. The Morgan fingerprint density at radius 2 is 1.16 bits per heavy atom. The van der Waals surface area contributed by atoms with Crippen molar-refractivity contribution in [1.82, 2.24) is 0 Å². The number of hydrogen-bond acceptors (Lipinski definition) is 0. The van der Waals surface area contributed by atoms with Crippen molar-refractivity contribution in [2.45, 2.75) is 102 Å². The van der Waals surface area contributed by atoms with Crippen LogP contribution in [-0.4, -0.2) is 8.07 Å². The molecule has 2 saturated carbocycles. The summed E-state index contributed by atoms with van der Waals surface area (Å²) in [5.41, 5.74) is 2.32. The molecule has 112 valence electrons. The average molecular weight is 281 g/mol. The Kier molecular flexibility index (Phi) is 5.57. The summed E-state index contributed by atoms with van der Waals surface area (Å²) in [6.07, 6.45) is 15.3. The Hall–Kier alpha value is 0.217. The third-order valence-electron chi connectivity index (χ3n) is 6.58. The van der Waals surface area contributed by atoms with Gasteiger partial charge in [-0.2, -0.15) is 0 Å².